The topological polar surface area (TPSA) is 32.7 Å². The third kappa shape index (κ3) is 3.65. The van der Waals surface area contributed by atoms with Crippen LogP contribution in [0.3, 0.4) is 0 Å². The largest absolute Gasteiger partial charge is 0.311 e. The van der Waals surface area contributed by atoms with Gasteiger partial charge in [-0.25, -0.2) is 0 Å². The monoisotopic (exact) mass is 220 g/mol. The van der Waals surface area contributed by atoms with Crippen LogP contribution in [-0.2, 0) is 4.79 Å². The molecule has 0 N–H and O–H groups in total. The maximum atomic E-state index is 11.9. The molecule has 0 aromatic rings. The number of rotatable bonds is 3. The third-order valence-electron chi connectivity index (χ3n) is 2.60. The van der Waals surface area contributed by atoms with Crippen molar-refractivity contribution in [2.75, 3.05) is 6.54 Å². The van der Waals surface area contributed by atoms with Crippen LogP contribution in [0.4, 0.5) is 0 Å². The van der Waals surface area contributed by atoms with Crippen LogP contribution in [-0.4, -0.2) is 23.6 Å². The molecule has 0 aromatic carbocycles. The minimum absolute atomic E-state index is 0.207. The summed E-state index contributed by atoms with van der Waals surface area (Å²) in [5, 5.41) is 0. The number of hydrogen-bond donors (Lipinski definition) is 0. The first-order valence-electron chi connectivity index (χ1n) is 5.81. The second-order valence-corrected chi connectivity index (χ2v) is 4.06. The summed E-state index contributed by atoms with van der Waals surface area (Å²) in [5.41, 5.74) is 1.64. The molecule has 0 aliphatic carbocycles. The Hall–Kier alpha value is -1.38. The van der Waals surface area contributed by atoms with Crippen molar-refractivity contribution in [2.24, 2.45) is 4.99 Å². The highest BCUT2D eigenvalue weighted by Crippen LogP contribution is 2.15. The molecule has 1 aliphatic rings. The number of aliphatic imine (C=N–C) groups is 1. The number of allylic oxidation sites excluding steroid dienone is 3. The SMILES string of the molecule is C=C(C)/N=C\C(=C/C)N1CCCCCC1=O. The number of hydrogen-bond acceptors (Lipinski definition) is 2. The fourth-order valence-electron chi connectivity index (χ4n) is 1.73. The summed E-state index contributed by atoms with van der Waals surface area (Å²) in [5.74, 6) is 0.207. The third-order valence-corrected chi connectivity index (χ3v) is 2.60. The number of nitrogens with zero attached hydrogens (tertiary/aromatic N) is 2. The summed E-state index contributed by atoms with van der Waals surface area (Å²) in [7, 11) is 0. The number of likely N-dealkylation sites (tertiary alicyclic amines) is 1. The highest BCUT2D eigenvalue weighted by atomic mass is 16.2. The smallest absolute Gasteiger partial charge is 0.227 e. The van der Waals surface area contributed by atoms with Gasteiger partial charge in [0.05, 0.1) is 11.9 Å². The van der Waals surface area contributed by atoms with Crippen LogP contribution in [0.25, 0.3) is 0 Å². The van der Waals surface area contributed by atoms with E-state index in [1.54, 1.807) is 6.21 Å². The molecule has 1 saturated heterocycles. The van der Waals surface area contributed by atoms with Gasteiger partial charge in [0, 0.05) is 18.7 Å². The Bertz CT molecular complexity index is 329. The van der Waals surface area contributed by atoms with E-state index in [2.05, 4.69) is 11.6 Å². The molecule has 1 fully saturated rings. The summed E-state index contributed by atoms with van der Waals surface area (Å²) in [6, 6.07) is 0. The van der Waals surface area contributed by atoms with Crippen LogP contribution >= 0.6 is 0 Å². The molecule has 0 atom stereocenters. The molecule has 0 spiro atoms. The summed E-state index contributed by atoms with van der Waals surface area (Å²) >= 11 is 0. The Morgan fingerprint density at radius 2 is 2.19 bits per heavy atom. The highest BCUT2D eigenvalue weighted by molar-refractivity contribution is 5.88. The summed E-state index contributed by atoms with van der Waals surface area (Å²) < 4.78 is 0. The van der Waals surface area contributed by atoms with Gasteiger partial charge in [-0.1, -0.05) is 19.1 Å². The Morgan fingerprint density at radius 3 is 2.81 bits per heavy atom. The molecule has 1 aliphatic heterocycles. The van der Waals surface area contributed by atoms with Crippen molar-refractivity contribution >= 4 is 12.1 Å². The Kier molecular flexibility index (Phi) is 4.96. The van der Waals surface area contributed by atoms with Crippen LogP contribution in [0.2, 0.25) is 0 Å². The van der Waals surface area contributed by atoms with Crippen molar-refractivity contribution < 1.29 is 4.79 Å². The quantitative estimate of drug-likeness (QED) is 0.673. The normalized spacial score (nSPS) is 19.0. The second kappa shape index (κ2) is 6.26. The van der Waals surface area contributed by atoms with Crippen molar-refractivity contribution in [1.29, 1.82) is 0 Å². The molecule has 1 rings (SSSR count). The van der Waals surface area contributed by atoms with Gasteiger partial charge in [0.25, 0.3) is 0 Å². The zero-order chi connectivity index (χ0) is 12.0. The van der Waals surface area contributed by atoms with Gasteiger partial charge in [-0.15, -0.1) is 0 Å². The van der Waals surface area contributed by atoms with Crippen molar-refractivity contribution in [3.8, 4) is 0 Å². The molecule has 3 heteroatoms. The molecule has 1 amide bonds. The van der Waals surface area contributed by atoms with Crippen LogP contribution < -0.4 is 0 Å². The van der Waals surface area contributed by atoms with Gasteiger partial charge in [0.2, 0.25) is 5.91 Å². The zero-order valence-corrected chi connectivity index (χ0v) is 10.2. The lowest BCUT2D eigenvalue weighted by atomic mass is 10.2. The van der Waals surface area contributed by atoms with E-state index >= 15 is 0 Å². The van der Waals surface area contributed by atoms with Crippen molar-refractivity contribution in [3.63, 3.8) is 0 Å². The molecule has 0 unspecified atom stereocenters. The zero-order valence-electron chi connectivity index (χ0n) is 10.2. The van der Waals surface area contributed by atoms with E-state index in [9.17, 15) is 4.79 Å². The Morgan fingerprint density at radius 1 is 1.44 bits per heavy atom. The van der Waals surface area contributed by atoms with E-state index in [1.807, 2.05) is 24.8 Å². The molecule has 1 heterocycles. The van der Waals surface area contributed by atoms with E-state index in [-0.39, 0.29) is 5.91 Å². The summed E-state index contributed by atoms with van der Waals surface area (Å²) in [6.07, 6.45) is 7.52. The summed E-state index contributed by atoms with van der Waals surface area (Å²) in [4.78, 5) is 17.8. The fraction of sp³-hybridized carbons (Fsp3) is 0.538. The Labute approximate surface area is 97.6 Å². The highest BCUT2D eigenvalue weighted by Gasteiger charge is 2.18. The Balaban J connectivity index is 2.78. The van der Waals surface area contributed by atoms with Crippen LogP contribution in [0.1, 0.15) is 39.5 Å². The van der Waals surface area contributed by atoms with Gasteiger partial charge < -0.3 is 4.90 Å². The predicted octanol–water partition coefficient (Wildman–Crippen LogP) is 2.90. The number of amides is 1. The molecular weight excluding hydrogens is 200 g/mol. The number of carbonyl (C=O) groups excluding carboxylic acids is 1. The van der Waals surface area contributed by atoms with E-state index in [4.69, 9.17) is 0 Å². The first-order chi connectivity index (χ1) is 7.65. The molecule has 3 nitrogen and oxygen atoms in total. The van der Waals surface area contributed by atoms with Crippen molar-refractivity contribution in [1.82, 2.24) is 4.90 Å². The summed E-state index contributed by atoms with van der Waals surface area (Å²) in [6.45, 7) is 8.29. The van der Waals surface area contributed by atoms with Crippen LogP contribution in [0, 0.1) is 0 Å². The van der Waals surface area contributed by atoms with E-state index in [1.165, 1.54) is 0 Å². The fourth-order valence-corrected chi connectivity index (χ4v) is 1.73. The van der Waals surface area contributed by atoms with Gasteiger partial charge in [-0.2, -0.15) is 0 Å². The molecule has 0 bridgehead atoms. The predicted molar refractivity (Wildman–Crippen MR) is 67.2 cm³/mol. The minimum atomic E-state index is 0.207. The maximum absolute atomic E-state index is 11.9. The van der Waals surface area contributed by atoms with Gasteiger partial charge >= 0.3 is 0 Å². The van der Waals surface area contributed by atoms with E-state index in [0.717, 1.165) is 37.2 Å². The average Bonchev–Trinajstić information content (AvgIpc) is 2.45. The van der Waals surface area contributed by atoms with Gasteiger partial charge in [0.1, 0.15) is 0 Å². The van der Waals surface area contributed by atoms with Crippen LogP contribution in [0.15, 0.2) is 29.0 Å². The molecule has 0 aromatic heterocycles. The molecule has 88 valence electrons. The van der Waals surface area contributed by atoms with E-state index in [0.29, 0.717) is 6.42 Å². The second-order valence-electron chi connectivity index (χ2n) is 4.06. The van der Waals surface area contributed by atoms with Crippen molar-refractivity contribution in [2.45, 2.75) is 39.5 Å². The van der Waals surface area contributed by atoms with Gasteiger partial charge in [-0.05, 0) is 26.7 Å². The standard InChI is InChI=1S/C13H20N2O/c1-4-12(10-14-11(2)3)15-9-7-5-6-8-13(15)16/h4,10H,2,5-9H2,1,3H3/b12-4+,14-10-. The molecule has 0 saturated carbocycles. The molecule has 16 heavy (non-hydrogen) atoms. The lowest BCUT2D eigenvalue weighted by molar-refractivity contribution is -0.128. The molecular formula is C13H20N2O. The van der Waals surface area contributed by atoms with E-state index < -0.39 is 0 Å². The average molecular weight is 220 g/mol. The van der Waals surface area contributed by atoms with Crippen LogP contribution in [0.5, 0.6) is 0 Å². The lowest BCUT2D eigenvalue weighted by Gasteiger charge is -2.20. The van der Waals surface area contributed by atoms with Gasteiger partial charge in [0.15, 0.2) is 0 Å². The first-order valence-corrected chi connectivity index (χ1v) is 5.81. The van der Waals surface area contributed by atoms with Crippen molar-refractivity contribution in [3.05, 3.63) is 24.0 Å². The molecule has 0 radical (unpaired) electrons. The lowest BCUT2D eigenvalue weighted by Crippen LogP contribution is -2.30. The van der Waals surface area contributed by atoms with Gasteiger partial charge in [-0.3, -0.25) is 9.79 Å². The minimum Gasteiger partial charge on any atom is -0.311 e. The maximum Gasteiger partial charge on any atom is 0.227 e. The first kappa shape index (κ1) is 12.7. The number of carbonyl (C=O) groups is 1.